The van der Waals surface area contributed by atoms with Crippen LogP contribution in [-0.2, 0) is 9.63 Å². The number of para-hydroxylation sites is 3. The number of anilines is 3. The van der Waals surface area contributed by atoms with Crippen molar-refractivity contribution in [2.24, 2.45) is 5.16 Å². The summed E-state index contributed by atoms with van der Waals surface area (Å²) < 4.78 is 0. The van der Waals surface area contributed by atoms with Crippen molar-refractivity contribution in [3.63, 3.8) is 0 Å². The summed E-state index contributed by atoms with van der Waals surface area (Å²) in [6, 6.07) is 22.2. The van der Waals surface area contributed by atoms with Gasteiger partial charge in [-0.25, -0.2) is 4.79 Å². The van der Waals surface area contributed by atoms with Crippen molar-refractivity contribution < 1.29 is 14.4 Å². The first-order valence-corrected chi connectivity index (χ1v) is 9.17. The molecule has 1 heterocycles. The number of amides is 2. The van der Waals surface area contributed by atoms with E-state index >= 15 is 0 Å². The topological polar surface area (TPSA) is 71.0 Å². The van der Waals surface area contributed by atoms with E-state index in [1.54, 1.807) is 11.0 Å². The zero-order chi connectivity index (χ0) is 20.4. The minimum atomic E-state index is -0.752. The summed E-state index contributed by atoms with van der Waals surface area (Å²) in [6.07, 6.45) is -0.752. The molecule has 0 saturated carbocycles. The van der Waals surface area contributed by atoms with Gasteiger partial charge in [0.15, 0.2) is 5.71 Å². The Bertz CT molecular complexity index is 1100. The molecule has 0 aromatic heterocycles. The molecule has 0 unspecified atom stereocenters. The molecule has 0 bridgehead atoms. The van der Waals surface area contributed by atoms with Crippen molar-refractivity contribution in [3.05, 3.63) is 89.5 Å². The molecule has 4 rings (SSSR count). The van der Waals surface area contributed by atoms with Crippen LogP contribution in [0.15, 0.2) is 78.0 Å². The third kappa shape index (κ3) is 3.48. The summed E-state index contributed by atoms with van der Waals surface area (Å²) in [4.78, 5) is 31.9. The average Bonchev–Trinajstić information content (AvgIpc) is 3.01. The minimum absolute atomic E-state index is 0.0844. The molecule has 144 valence electrons. The van der Waals surface area contributed by atoms with Crippen LogP contribution in [0.5, 0.6) is 0 Å². The van der Waals surface area contributed by atoms with Crippen molar-refractivity contribution in [1.82, 2.24) is 0 Å². The standard InChI is InChI=1S/C23H19N3O3/c1-15-9-8-10-16(2)20(15)24-23(28)29-25-21-18-13-6-7-14-19(18)26(22(21)27)17-11-4-3-5-12-17/h3-14H,1-2H3,(H,24,28)/b25-21+. The van der Waals surface area contributed by atoms with E-state index in [0.717, 1.165) is 16.8 Å². The molecule has 1 N–H and O–H groups in total. The molecular formula is C23H19N3O3. The molecule has 0 spiro atoms. The van der Waals surface area contributed by atoms with Crippen molar-refractivity contribution >= 4 is 34.8 Å². The summed E-state index contributed by atoms with van der Waals surface area (Å²) in [7, 11) is 0. The van der Waals surface area contributed by atoms with Gasteiger partial charge < -0.3 is 0 Å². The van der Waals surface area contributed by atoms with E-state index in [2.05, 4.69) is 10.5 Å². The van der Waals surface area contributed by atoms with Crippen LogP contribution >= 0.6 is 0 Å². The van der Waals surface area contributed by atoms with Crippen LogP contribution < -0.4 is 10.2 Å². The number of hydrogen-bond acceptors (Lipinski definition) is 4. The van der Waals surface area contributed by atoms with Gasteiger partial charge in [-0.15, -0.1) is 0 Å². The van der Waals surface area contributed by atoms with E-state index in [1.807, 2.05) is 80.6 Å². The van der Waals surface area contributed by atoms with E-state index in [4.69, 9.17) is 4.84 Å². The molecule has 6 nitrogen and oxygen atoms in total. The number of fused-ring (bicyclic) bond motifs is 1. The van der Waals surface area contributed by atoms with Crippen molar-refractivity contribution in [3.8, 4) is 0 Å². The predicted octanol–water partition coefficient (Wildman–Crippen LogP) is 4.93. The average molecular weight is 385 g/mol. The van der Waals surface area contributed by atoms with E-state index in [-0.39, 0.29) is 11.6 Å². The molecule has 2 amide bonds. The summed E-state index contributed by atoms with van der Waals surface area (Å²) >= 11 is 0. The fourth-order valence-electron chi connectivity index (χ4n) is 3.34. The van der Waals surface area contributed by atoms with E-state index < -0.39 is 6.09 Å². The summed E-state index contributed by atoms with van der Waals surface area (Å²) in [5, 5.41) is 6.58. The SMILES string of the molecule is Cc1cccc(C)c1NC(=O)O/N=C1/C(=O)N(c2ccccc2)c2ccccc21. The molecule has 1 aliphatic rings. The number of nitrogens with one attached hydrogen (secondary N) is 1. The monoisotopic (exact) mass is 385 g/mol. The first-order valence-electron chi connectivity index (χ1n) is 9.17. The van der Waals surface area contributed by atoms with Gasteiger partial charge in [0.2, 0.25) is 0 Å². The molecular weight excluding hydrogens is 366 g/mol. The predicted molar refractivity (Wildman–Crippen MR) is 113 cm³/mol. The van der Waals surface area contributed by atoms with Crippen LogP contribution in [0.1, 0.15) is 16.7 Å². The smallest absolute Gasteiger partial charge is 0.297 e. The normalized spacial score (nSPS) is 14.1. The molecule has 3 aromatic carbocycles. The van der Waals surface area contributed by atoms with Gasteiger partial charge in [-0.3, -0.25) is 19.8 Å². The molecule has 0 saturated heterocycles. The molecule has 3 aromatic rings. The third-order valence-corrected chi connectivity index (χ3v) is 4.75. The second kappa shape index (κ2) is 7.59. The maximum Gasteiger partial charge on any atom is 0.437 e. The number of rotatable bonds is 3. The molecule has 0 fully saturated rings. The number of benzene rings is 3. The number of carbonyl (C=O) groups excluding carboxylic acids is 2. The molecule has 0 radical (unpaired) electrons. The number of carbonyl (C=O) groups is 2. The highest BCUT2D eigenvalue weighted by atomic mass is 16.7. The van der Waals surface area contributed by atoms with Gasteiger partial charge in [0.05, 0.1) is 5.69 Å². The largest absolute Gasteiger partial charge is 0.437 e. The van der Waals surface area contributed by atoms with Gasteiger partial charge >= 0.3 is 6.09 Å². The second-order valence-corrected chi connectivity index (χ2v) is 6.70. The Labute approximate surface area is 168 Å². The Morgan fingerprint density at radius 3 is 2.28 bits per heavy atom. The quantitative estimate of drug-likeness (QED) is 0.513. The Morgan fingerprint density at radius 1 is 0.897 bits per heavy atom. The lowest BCUT2D eigenvalue weighted by molar-refractivity contribution is -0.111. The lowest BCUT2D eigenvalue weighted by Gasteiger charge is -2.16. The highest BCUT2D eigenvalue weighted by Gasteiger charge is 2.35. The van der Waals surface area contributed by atoms with E-state index in [9.17, 15) is 9.59 Å². The van der Waals surface area contributed by atoms with Crippen LogP contribution in [0.4, 0.5) is 21.9 Å². The van der Waals surface area contributed by atoms with Gasteiger partial charge in [0.1, 0.15) is 0 Å². The van der Waals surface area contributed by atoms with Gasteiger partial charge in [-0.1, -0.05) is 59.8 Å². The lowest BCUT2D eigenvalue weighted by atomic mass is 10.1. The van der Waals surface area contributed by atoms with Crippen molar-refractivity contribution in [2.75, 3.05) is 10.2 Å². The summed E-state index contributed by atoms with van der Waals surface area (Å²) in [6.45, 7) is 3.78. The molecule has 1 aliphatic heterocycles. The number of aryl methyl sites for hydroxylation is 2. The fraction of sp³-hybridized carbons (Fsp3) is 0.0870. The molecule has 6 heteroatoms. The molecule has 29 heavy (non-hydrogen) atoms. The van der Waals surface area contributed by atoms with E-state index in [0.29, 0.717) is 16.9 Å². The first kappa shape index (κ1) is 18.4. The van der Waals surface area contributed by atoms with Crippen LogP contribution in [-0.4, -0.2) is 17.7 Å². The fourth-order valence-corrected chi connectivity index (χ4v) is 3.34. The van der Waals surface area contributed by atoms with Crippen LogP contribution in [0.3, 0.4) is 0 Å². The van der Waals surface area contributed by atoms with Crippen molar-refractivity contribution in [1.29, 1.82) is 0 Å². The van der Waals surface area contributed by atoms with Crippen molar-refractivity contribution in [2.45, 2.75) is 13.8 Å². The Hall–Kier alpha value is -3.93. The van der Waals surface area contributed by atoms with Crippen LogP contribution in [0, 0.1) is 13.8 Å². The Kier molecular flexibility index (Phi) is 4.83. The summed E-state index contributed by atoms with van der Waals surface area (Å²) in [5.41, 5.74) is 4.60. The van der Waals surface area contributed by atoms with Gasteiger partial charge in [-0.05, 0) is 43.2 Å². The number of hydrogen-bond donors (Lipinski definition) is 1. The Morgan fingerprint density at radius 2 is 1.55 bits per heavy atom. The maximum absolute atomic E-state index is 13.0. The number of oxime groups is 1. The highest BCUT2D eigenvalue weighted by Crippen LogP contribution is 2.35. The van der Waals surface area contributed by atoms with Gasteiger partial charge in [-0.2, -0.15) is 0 Å². The molecule has 0 atom stereocenters. The number of nitrogens with zero attached hydrogens (tertiary/aromatic N) is 2. The van der Waals surface area contributed by atoms with Crippen LogP contribution in [0.2, 0.25) is 0 Å². The van der Waals surface area contributed by atoms with Gasteiger partial charge in [0, 0.05) is 16.9 Å². The zero-order valence-electron chi connectivity index (χ0n) is 16.0. The zero-order valence-corrected chi connectivity index (χ0v) is 16.0. The lowest BCUT2D eigenvalue weighted by Crippen LogP contribution is -2.26. The molecule has 0 aliphatic carbocycles. The van der Waals surface area contributed by atoms with Crippen LogP contribution in [0.25, 0.3) is 0 Å². The maximum atomic E-state index is 13.0. The summed E-state index contributed by atoms with van der Waals surface area (Å²) in [5.74, 6) is -0.350. The van der Waals surface area contributed by atoms with Gasteiger partial charge in [0.25, 0.3) is 5.91 Å². The highest BCUT2D eigenvalue weighted by molar-refractivity contribution is 6.55. The Balaban J connectivity index is 1.61. The second-order valence-electron chi connectivity index (χ2n) is 6.70. The first-order chi connectivity index (χ1) is 14.1. The third-order valence-electron chi connectivity index (χ3n) is 4.75. The minimum Gasteiger partial charge on any atom is -0.297 e. The van der Waals surface area contributed by atoms with E-state index in [1.165, 1.54) is 0 Å².